The molecule has 9 rings (SSSR count). The molecule has 3 aliphatic heterocycles. The molecule has 87 heavy (non-hydrogen) atoms. The third-order valence-corrected chi connectivity index (χ3v) is 15.3. The summed E-state index contributed by atoms with van der Waals surface area (Å²) in [5.41, 5.74) is 8.69. The number of ether oxygens (including phenoxy) is 7. The van der Waals surface area contributed by atoms with Crippen LogP contribution in [0.4, 0.5) is 13.6 Å². The first-order chi connectivity index (χ1) is 42.2. The van der Waals surface area contributed by atoms with E-state index in [1.165, 1.54) is 4.90 Å². The van der Waals surface area contributed by atoms with E-state index in [9.17, 15) is 42.8 Å². The van der Waals surface area contributed by atoms with E-state index in [1.807, 2.05) is 66.7 Å². The van der Waals surface area contributed by atoms with Crippen molar-refractivity contribution in [1.29, 1.82) is 5.26 Å². The van der Waals surface area contributed by atoms with Crippen molar-refractivity contribution in [3.05, 3.63) is 131 Å². The molecule has 2 saturated heterocycles. The number of rotatable bonds is 32. The Bertz CT molecular complexity index is 3190. The Kier molecular flexibility index (Phi) is 22.5. The number of hydrogen-bond donors (Lipinski definition) is 3. The van der Waals surface area contributed by atoms with Gasteiger partial charge in [-0.3, -0.25) is 24.0 Å². The van der Waals surface area contributed by atoms with Crippen molar-refractivity contribution in [3.63, 3.8) is 0 Å². The molecular formula is C62H72F2N10O13. The summed E-state index contributed by atoms with van der Waals surface area (Å²) in [6.45, 7) is 5.36. The second kappa shape index (κ2) is 30.9. The Labute approximate surface area is 502 Å². The van der Waals surface area contributed by atoms with Crippen LogP contribution in [0.1, 0.15) is 70.0 Å². The van der Waals surface area contributed by atoms with Crippen molar-refractivity contribution in [2.45, 2.75) is 69.4 Å². The largest absolute Gasteiger partial charge is 0.436 e. The molecule has 0 saturated carbocycles. The van der Waals surface area contributed by atoms with E-state index in [4.69, 9.17) is 33.2 Å². The number of nitriles is 1. The van der Waals surface area contributed by atoms with E-state index in [1.54, 1.807) is 53.2 Å². The van der Waals surface area contributed by atoms with Gasteiger partial charge >= 0.3 is 6.09 Å². The normalized spacial score (nSPS) is 17.3. The molecule has 6 amide bonds. The lowest BCUT2D eigenvalue weighted by Gasteiger charge is -2.22. The molecule has 5 aromatic rings. The SMILES string of the molecule is CN(CCOCCOCCOCCOCCOCCOCCC(=O)NCCNC(=O)c1ccc(-c2cn(Cc3cccc4c3CN(C(=O)C[C@@H]3C[C@@H](C(=O)N5CC(F)(F)C[C@H]5C#N)NC3=O)C4)nn2)cc1)C(=O)OC1c2ccccc2-c2ccccc21. The van der Waals surface area contributed by atoms with Gasteiger partial charge in [-0.15, -0.1) is 5.10 Å². The van der Waals surface area contributed by atoms with Gasteiger partial charge in [0.25, 0.3) is 11.8 Å². The number of halogens is 2. The summed E-state index contributed by atoms with van der Waals surface area (Å²) in [6.07, 6.45) is 0.134. The zero-order valence-electron chi connectivity index (χ0n) is 48.5. The van der Waals surface area contributed by atoms with Crippen LogP contribution in [0, 0.1) is 17.2 Å². The van der Waals surface area contributed by atoms with Crippen molar-refractivity contribution >= 4 is 35.6 Å². The Morgan fingerprint density at radius 2 is 1.37 bits per heavy atom. The second-order valence-corrected chi connectivity index (χ2v) is 21.4. The standard InChI is InChI=1S/C62H72F2N10O13/c1-71(61(80)87-57-50-11-4-2-9-48(50)49-10-3-5-12-51(49)57)20-22-82-24-26-84-28-30-86-32-31-85-29-27-83-25-23-81-21-17-55(75)66-18-19-67-58(77)43-15-13-42(14-16-43)54-40-73(70-69-54)38-45-8-6-7-44-37-72(39-52(44)45)56(76)34-46-33-53(68-59(46)78)60(79)74-41-62(63,64)35-47(74)36-65/h2-16,40,46-47,53,57H,17-35,37-39,41H2,1H3,(H,66,75)(H,67,77)(H,68,78)/t46-,47-,53-/m0/s1. The fourth-order valence-corrected chi connectivity index (χ4v) is 10.7. The molecule has 1 aromatic heterocycles. The topological polar surface area (TPSA) is 267 Å². The number of fused-ring (bicyclic) bond motifs is 4. The molecule has 2 fully saturated rings. The highest BCUT2D eigenvalue weighted by Gasteiger charge is 2.50. The van der Waals surface area contributed by atoms with E-state index in [0.717, 1.165) is 49.4 Å². The minimum absolute atomic E-state index is 0.0313. The zero-order chi connectivity index (χ0) is 61.1. The number of alkyl halides is 2. The van der Waals surface area contributed by atoms with Gasteiger partial charge in [-0.1, -0.05) is 84.1 Å². The van der Waals surface area contributed by atoms with Gasteiger partial charge in [-0.25, -0.2) is 18.3 Å². The third kappa shape index (κ3) is 17.3. The van der Waals surface area contributed by atoms with Crippen LogP contribution in [0.25, 0.3) is 22.4 Å². The summed E-state index contributed by atoms with van der Waals surface area (Å²) in [5, 5.41) is 26.1. The van der Waals surface area contributed by atoms with Gasteiger partial charge in [0.15, 0.2) is 6.10 Å². The molecule has 4 heterocycles. The van der Waals surface area contributed by atoms with Crippen molar-refractivity contribution in [1.82, 2.24) is 45.6 Å². The Morgan fingerprint density at radius 1 is 0.759 bits per heavy atom. The van der Waals surface area contributed by atoms with Crippen LogP contribution >= 0.6 is 0 Å². The molecule has 25 heteroatoms. The predicted octanol–water partition coefficient (Wildman–Crippen LogP) is 4.66. The summed E-state index contributed by atoms with van der Waals surface area (Å²) in [5.74, 6) is -6.06. The minimum atomic E-state index is -3.19. The fraction of sp³-hybridized carbons (Fsp3) is 0.468. The maximum Gasteiger partial charge on any atom is 0.410 e. The van der Waals surface area contributed by atoms with E-state index in [0.29, 0.717) is 110 Å². The van der Waals surface area contributed by atoms with Gasteiger partial charge < -0.3 is 63.8 Å². The molecule has 0 unspecified atom stereocenters. The number of carbonyl (C=O) groups is 6. The molecule has 4 aliphatic rings. The lowest BCUT2D eigenvalue weighted by atomic mass is 9.99. The summed E-state index contributed by atoms with van der Waals surface area (Å²) in [4.78, 5) is 81.4. The van der Waals surface area contributed by atoms with E-state index < -0.39 is 60.9 Å². The highest BCUT2D eigenvalue weighted by molar-refractivity contribution is 5.95. The van der Waals surface area contributed by atoms with Crippen molar-refractivity contribution < 1.29 is 70.7 Å². The number of nitrogens with one attached hydrogen (secondary N) is 3. The first-order valence-electron chi connectivity index (χ1n) is 29.1. The predicted molar refractivity (Wildman–Crippen MR) is 308 cm³/mol. The smallest absolute Gasteiger partial charge is 0.410 e. The molecule has 3 atom stereocenters. The quantitative estimate of drug-likeness (QED) is 0.0494. The first kappa shape index (κ1) is 63.3. The van der Waals surface area contributed by atoms with Crippen LogP contribution in [-0.4, -0.2) is 196 Å². The minimum Gasteiger partial charge on any atom is -0.436 e. The lowest BCUT2D eigenvalue weighted by Crippen LogP contribution is -2.46. The number of likely N-dealkylation sites (tertiary alicyclic amines) is 1. The number of nitrogens with zero attached hydrogens (tertiary/aromatic N) is 7. The Balaban J connectivity index is 0.544. The number of amides is 6. The number of likely N-dealkylation sites (N-methyl/N-ethyl adjacent to an activating group) is 1. The van der Waals surface area contributed by atoms with Crippen LogP contribution in [0.5, 0.6) is 0 Å². The van der Waals surface area contributed by atoms with Crippen molar-refractivity contribution in [3.8, 4) is 28.5 Å². The van der Waals surface area contributed by atoms with E-state index >= 15 is 0 Å². The molecule has 3 N–H and O–H groups in total. The number of carbonyl (C=O) groups excluding carboxylic acids is 6. The van der Waals surface area contributed by atoms with Crippen LogP contribution in [0.2, 0.25) is 0 Å². The highest BCUT2D eigenvalue weighted by atomic mass is 19.3. The van der Waals surface area contributed by atoms with Gasteiger partial charge in [-0.05, 0) is 46.4 Å². The molecule has 0 radical (unpaired) electrons. The van der Waals surface area contributed by atoms with Gasteiger partial charge in [0.1, 0.15) is 17.8 Å². The van der Waals surface area contributed by atoms with Crippen LogP contribution in [0.15, 0.2) is 97.2 Å². The van der Waals surface area contributed by atoms with Gasteiger partial charge in [0.2, 0.25) is 23.6 Å². The molecular weight excluding hydrogens is 1130 g/mol. The summed E-state index contributed by atoms with van der Waals surface area (Å²) in [7, 11) is 1.69. The van der Waals surface area contributed by atoms with Gasteiger partial charge in [-0.2, -0.15) is 5.26 Å². The number of hydrogen-bond acceptors (Lipinski definition) is 16. The molecule has 0 bridgehead atoms. The van der Waals surface area contributed by atoms with Gasteiger partial charge in [0.05, 0.1) is 105 Å². The van der Waals surface area contributed by atoms with Crippen molar-refractivity contribution in [2.24, 2.45) is 5.92 Å². The molecule has 23 nitrogen and oxygen atoms in total. The molecule has 0 spiro atoms. The molecule has 4 aromatic carbocycles. The number of benzene rings is 4. The lowest BCUT2D eigenvalue weighted by molar-refractivity contribution is -0.135. The van der Waals surface area contributed by atoms with Crippen LogP contribution in [-0.2, 0) is 72.0 Å². The van der Waals surface area contributed by atoms with E-state index in [-0.39, 0.29) is 56.7 Å². The highest BCUT2D eigenvalue weighted by Crippen LogP contribution is 2.45. The number of aromatic nitrogens is 3. The monoisotopic (exact) mass is 1200 g/mol. The fourth-order valence-electron chi connectivity index (χ4n) is 10.7. The average Bonchev–Trinajstić information content (AvgIpc) is 2.37. The summed E-state index contributed by atoms with van der Waals surface area (Å²) < 4.78 is 68.9. The maximum atomic E-state index is 14.0. The second-order valence-electron chi connectivity index (χ2n) is 21.4. The third-order valence-electron chi connectivity index (χ3n) is 15.3. The zero-order valence-corrected chi connectivity index (χ0v) is 48.5. The first-order valence-corrected chi connectivity index (χ1v) is 29.1. The summed E-state index contributed by atoms with van der Waals surface area (Å²) in [6, 6.07) is 28.0. The Morgan fingerprint density at radius 3 is 2.01 bits per heavy atom. The maximum absolute atomic E-state index is 14.0. The molecule has 1 aliphatic carbocycles. The van der Waals surface area contributed by atoms with Gasteiger partial charge in [0, 0.05) is 87.2 Å². The van der Waals surface area contributed by atoms with Crippen molar-refractivity contribution in [2.75, 3.05) is 113 Å². The van der Waals surface area contributed by atoms with Crippen LogP contribution in [0.3, 0.4) is 0 Å². The van der Waals surface area contributed by atoms with Crippen LogP contribution < -0.4 is 16.0 Å². The molecule has 462 valence electrons. The Hall–Kier alpha value is -8.25. The summed E-state index contributed by atoms with van der Waals surface area (Å²) >= 11 is 0. The average molecular weight is 1200 g/mol. The van der Waals surface area contributed by atoms with E-state index in [2.05, 4.69) is 26.3 Å².